The van der Waals surface area contributed by atoms with E-state index in [2.05, 4.69) is 53.6 Å². The minimum absolute atomic E-state index is 0.174. The number of hydrogen-bond donors (Lipinski definition) is 0. The van der Waals surface area contributed by atoms with E-state index in [0.29, 0.717) is 22.4 Å². The monoisotopic (exact) mass is 547 g/mol. The lowest BCUT2D eigenvalue weighted by Gasteiger charge is -2.37. The van der Waals surface area contributed by atoms with Gasteiger partial charge in [-0.1, -0.05) is 48.9 Å². The minimum Gasteiger partial charge on any atom is -0.489 e. The molecule has 0 N–H and O–H groups in total. The highest BCUT2D eigenvalue weighted by Crippen LogP contribution is 2.38. The van der Waals surface area contributed by atoms with E-state index in [0.717, 1.165) is 62.7 Å². The lowest BCUT2D eigenvalue weighted by Crippen LogP contribution is -2.39. The van der Waals surface area contributed by atoms with Crippen LogP contribution in [0.2, 0.25) is 5.02 Å². The van der Waals surface area contributed by atoms with E-state index in [-0.39, 0.29) is 18.5 Å². The zero-order valence-corrected chi connectivity index (χ0v) is 23.3. The maximum Gasteiger partial charge on any atom is 0.131 e. The molecule has 0 bridgehead atoms. The Bertz CT molecular complexity index is 1470. The summed E-state index contributed by atoms with van der Waals surface area (Å²) < 4.78 is 28.6. The van der Waals surface area contributed by atoms with Crippen molar-refractivity contribution in [3.8, 4) is 5.75 Å². The number of para-hydroxylation sites is 1. The van der Waals surface area contributed by atoms with Gasteiger partial charge in [0.25, 0.3) is 0 Å². The van der Waals surface area contributed by atoms with Crippen LogP contribution in [0.3, 0.4) is 0 Å². The molecular weight excluding hydrogens is 513 g/mol. The van der Waals surface area contributed by atoms with Crippen LogP contribution in [0.15, 0.2) is 60.7 Å². The summed E-state index contributed by atoms with van der Waals surface area (Å²) in [6.45, 7) is 9.14. The summed E-state index contributed by atoms with van der Waals surface area (Å²) in [7, 11) is 0. The van der Waals surface area contributed by atoms with Crippen molar-refractivity contribution in [1.29, 1.82) is 0 Å². The zero-order chi connectivity index (χ0) is 26.9. The highest BCUT2D eigenvalue weighted by Gasteiger charge is 2.30. The molecule has 204 valence electrons. The van der Waals surface area contributed by atoms with Crippen LogP contribution in [0.1, 0.15) is 48.2 Å². The molecule has 3 heterocycles. The van der Waals surface area contributed by atoms with Crippen molar-refractivity contribution in [2.45, 2.75) is 58.4 Å². The molecule has 2 unspecified atom stereocenters. The molecule has 0 saturated carbocycles. The van der Waals surface area contributed by atoms with Gasteiger partial charge in [-0.3, -0.25) is 4.90 Å². The van der Waals surface area contributed by atoms with Crippen LogP contribution in [0.5, 0.6) is 5.75 Å². The van der Waals surface area contributed by atoms with Gasteiger partial charge in [-0.2, -0.15) is 0 Å². The lowest BCUT2D eigenvalue weighted by atomic mass is 9.81. The first kappa shape index (κ1) is 26.3. The van der Waals surface area contributed by atoms with Crippen LogP contribution < -0.4 is 4.74 Å². The normalized spacial score (nSPS) is 21.7. The third-order valence-electron chi connectivity index (χ3n) is 8.23. The molecule has 5 nitrogen and oxygen atoms in total. The van der Waals surface area contributed by atoms with E-state index < -0.39 is 0 Å². The fraction of sp³-hybridized carbons (Fsp3) is 0.406. The SMILES string of the molecule is Cc1ccc2nc(CN3CCC(c4ccccc4OCc4ccc(Cl)cc4F)C(C)C3)n(C[C@@H]3CCO3)c2c1. The Morgan fingerprint density at radius 1 is 1.10 bits per heavy atom. The van der Waals surface area contributed by atoms with E-state index in [1.165, 1.54) is 22.7 Å². The highest BCUT2D eigenvalue weighted by atomic mass is 35.5. The summed E-state index contributed by atoms with van der Waals surface area (Å²) in [5, 5.41) is 0.388. The van der Waals surface area contributed by atoms with Crippen molar-refractivity contribution in [1.82, 2.24) is 14.5 Å². The van der Waals surface area contributed by atoms with Gasteiger partial charge in [-0.15, -0.1) is 0 Å². The number of fused-ring (bicyclic) bond motifs is 1. The summed E-state index contributed by atoms with van der Waals surface area (Å²) in [5.41, 5.74) is 5.21. The number of ether oxygens (including phenoxy) is 2. The molecule has 2 aliphatic heterocycles. The number of aromatic nitrogens is 2. The summed E-state index contributed by atoms with van der Waals surface area (Å²) in [4.78, 5) is 7.58. The van der Waals surface area contributed by atoms with Crippen molar-refractivity contribution in [3.63, 3.8) is 0 Å². The van der Waals surface area contributed by atoms with Gasteiger partial charge in [0.2, 0.25) is 0 Å². The van der Waals surface area contributed by atoms with Crippen molar-refractivity contribution in [3.05, 3.63) is 94.0 Å². The minimum atomic E-state index is -0.341. The summed E-state index contributed by atoms with van der Waals surface area (Å²) in [5.74, 6) is 2.41. The Kier molecular flexibility index (Phi) is 7.61. The van der Waals surface area contributed by atoms with E-state index in [9.17, 15) is 4.39 Å². The number of rotatable bonds is 8. The van der Waals surface area contributed by atoms with E-state index in [1.54, 1.807) is 12.1 Å². The first-order chi connectivity index (χ1) is 18.9. The van der Waals surface area contributed by atoms with Crippen LogP contribution in [0.4, 0.5) is 4.39 Å². The molecule has 6 rings (SSSR count). The third-order valence-corrected chi connectivity index (χ3v) is 8.47. The maximum atomic E-state index is 14.3. The summed E-state index contributed by atoms with van der Waals surface area (Å²) in [6.07, 6.45) is 2.42. The Hall–Kier alpha value is -2.93. The number of halogens is 2. The molecule has 2 aliphatic rings. The van der Waals surface area contributed by atoms with Gasteiger partial charge in [0.15, 0.2) is 0 Å². The second-order valence-electron chi connectivity index (χ2n) is 11.1. The van der Waals surface area contributed by atoms with E-state index >= 15 is 0 Å². The van der Waals surface area contributed by atoms with Gasteiger partial charge in [-0.25, -0.2) is 9.37 Å². The van der Waals surface area contributed by atoms with E-state index in [1.807, 2.05) is 12.1 Å². The van der Waals surface area contributed by atoms with Crippen molar-refractivity contribution < 1.29 is 13.9 Å². The van der Waals surface area contributed by atoms with Gasteiger partial charge in [0, 0.05) is 23.7 Å². The first-order valence-corrected chi connectivity index (χ1v) is 14.3. The van der Waals surface area contributed by atoms with Crippen molar-refractivity contribution >= 4 is 22.6 Å². The molecular formula is C32H35ClFN3O2. The molecule has 7 heteroatoms. The van der Waals surface area contributed by atoms with Crippen LogP contribution in [0, 0.1) is 18.7 Å². The van der Waals surface area contributed by atoms with Gasteiger partial charge < -0.3 is 14.0 Å². The second kappa shape index (κ2) is 11.3. The Morgan fingerprint density at radius 3 is 2.72 bits per heavy atom. The topological polar surface area (TPSA) is 39.5 Å². The molecule has 0 spiro atoms. The number of nitrogens with zero attached hydrogens (tertiary/aromatic N) is 3. The van der Waals surface area contributed by atoms with Crippen molar-refractivity contribution in [2.75, 3.05) is 19.7 Å². The fourth-order valence-electron chi connectivity index (χ4n) is 5.99. The smallest absolute Gasteiger partial charge is 0.131 e. The molecule has 0 aliphatic carbocycles. The van der Waals surface area contributed by atoms with Crippen LogP contribution in [-0.4, -0.2) is 40.3 Å². The van der Waals surface area contributed by atoms with Crippen molar-refractivity contribution in [2.24, 2.45) is 5.92 Å². The number of benzene rings is 3. The van der Waals surface area contributed by atoms with Gasteiger partial charge in [0.1, 0.15) is 24.0 Å². The summed E-state index contributed by atoms with van der Waals surface area (Å²) in [6, 6.07) is 19.4. The molecule has 0 radical (unpaired) electrons. The molecule has 1 aromatic heterocycles. The molecule has 3 atom stereocenters. The Morgan fingerprint density at radius 2 is 1.95 bits per heavy atom. The number of hydrogen-bond acceptors (Lipinski definition) is 4. The molecule has 39 heavy (non-hydrogen) atoms. The average Bonchev–Trinajstić information content (AvgIpc) is 3.22. The van der Waals surface area contributed by atoms with Gasteiger partial charge in [-0.05, 0) is 79.6 Å². The number of aryl methyl sites for hydroxylation is 1. The molecule has 3 aromatic carbocycles. The van der Waals surface area contributed by atoms with E-state index in [4.69, 9.17) is 26.1 Å². The van der Waals surface area contributed by atoms with Gasteiger partial charge in [0.05, 0.1) is 30.2 Å². The predicted octanol–water partition coefficient (Wildman–Crippen LogP) is 7.13. The maximum absolute atomic E-state index is 14.3. The molecule has 4 aromatic rings. The molecule has 0 amide bonds. The Balaban J connectivity index is 1.16. The van der Waals surface area contributed by atoms with Crippen LogP contribution >= 0.6 is 11.6 Å². The average molecular weight is 548 g/mol. The Labute approximate surface area is 234 Å². The molecule has 2 fully saturated rings. The van der Waals surface area contributed by atoms with Crippen LogP contribution in [-0.2, 0) is 24.4 Å². The predicted molar refractivity (Wildman–Crippen MR) is 153 cm³/mol. The number of imidazole rings is 1. The second-order valence-corrected chi connectivity index (χ2v) is 11.5. The largest absolute Gasteiger partial charge is 0.489 e. The summed E-state index contributed by atoms with van der Waals surface area (Å²) >= 11 is 5.91. The van der Waals surface area contributed by atoms with Gasteiger partial charge >= 0.3 is 0 Å². The standard InChI is InChI=1S/C32H35ClFN3O2/c1-21-7-10-29-30(15-21)37(18-25-12-14-38-25)32(35-29)19-36-13-11-26(22(2)17-36)27-5-3-4-6-31(27)39-20-23-8-9-24(33)16-28(23)34/h3-10,15-16,22,25-26H,11-14,17-20H2,1-2H3/t22?,25-,26?/m0/s1. The third kappa shape index (κ3) is 5.69. The highest BCUT2D eigenvalue weighted by molar-refractivity contribution is 6.30. The lowest BCUT2D eigenvalue weighted by molar-refractivity contribution is -0.0592. The number of piperidine rings is 1. The number of likely N-dealkylation sites (tertiary alicyclic amines) is 1. The quantitative estimate of drug-likeness (QED) is 0.235. The van der Waals surface area contributed by atoms with Crippen LogP contribution in [0.25, 0.3) is 11.0 Å². The molecule has 2 saturated heterocycles. The zero-order valence-electron chi connectivity index (χ0n) is 22.6. The fourth-order valence-corrected chi connectivity index (χ4v) is 6.15. The first-order valence-electron chi connectivity index (χ1n) is 13.9.